The number of hydrogen-bond acceptors (Lipinski definition) is 2. The molecule has 0 amide bonds. The van der Waals surface area contributed by atoms with E-state index >= 15 is 0 Å². The van der Waals surface area contributed by atoms with Gasteiger partial charge in [-0.2, -0.15) is 0 Å². The van der Waals surface area contributed by atoms with Crippen molar-refractivity contribution in [1.29, 1.82) is 0 Å². The second-order valence-corrected chi connectivity index (χ2v) is 5.86. The van der Waals surface area contributed by atoms with Crippen molar-refractivity contribution in [3.05, 3.63) is 29.3 Å². The molecule has 0 fully saturated rings. The van der Waals surface area contributed by atoms with Crippen molar-refractivity contribution in [1.82, 2.24) is 0 Å². The molecule has 0 saturated carbocycles. The number of para-hydroxylation sites is 1. The molecule has 1 atom stereocenters. The van der Waals surface area contributed by atoms with Gasteiger partial charge in [-0.1, -0.05) is 70.1 Å². The Balaban J connectivity index is 1.70. The first-order chi connectivity index (χ1) is 9.83. The van der Waals surface area contributed by atoms with Crippen LogP contribution in [0.2, 0.25) is 0 Å². The molecule has 112 valence electrons. The standard InChI is InChI=1S/C18H28O2/c1-2-3-4-5-6-7-8-12-17(19)16-11-9-10-15-13-14-20-18(15)16/h9-11,17,19H,2-8,12-14H2,1H3. The molecule has 1 N–H and O–H groups in total. The number of hydrogen-bond donors (Lipinski definition) is 1. The van der Waals surface area contributed by atoms with E-state index in [1.54, 1.807) is 0 Å². The molecule has 0 bridgehead atoms. The summed E-state index contributed by atoms with van der Waals surface area (Å²) in [6.45, 7) is 3.01. The van der Waals surface area contributed by atoms with Crippen LogP contribution in [0.4, 0.5) is 0 Å². The lowest BCUT2D eigenvalue weighted by molar-refractivity contribution is 0.159. The van der Waals surface area contributed by atoms with Crippen LogP contribution in [0.3, 0.4) is 0 Å². The maximum atomic E-state index is 10.3. The molecule has 0 aliphatic carbocycles. The molecular weight excluding hydrogens is 248 g/mol. The van der Waals surface area contributed by atoms with Crippen LogP contribution in [0, 0.1) is 0 Å². The highest BCUT2D eigenvalue weighted by atomic mass is 16.5. The molecule has 0 radical (unpaired) electrons. The first kappa shape index (κ1) is 15.4. The second-order valence-electron chi connectivity index (χ2n) is 5.86. The fourth-order valence-electron chi connectivity index (χ4n) is 2.95. The molecule has 1 aliphatic rings. The quantitative estimate of drug-likeness (QED) is 0.657. The highest BCUT2D eigenvalue weighted by Crippen LogP contribution is 2.35. The lowest BCUT2D eigenvalue weighted by atomic mass is 9.99. The van der Waals surface area contributed by atoms with Gasteiger partial charge in [0.2, 0.25) is 0 Å². The zero-order chi connectivity index (χ0) is 14.2. The van der Waals surface area contributed by atoms with Crippen LogP contribution >= 0.6 is 0 Å². The Morgan fingerprint density at radius 1 is 1.10 bits per heavy atom. The summed E-state index contributed by atoms with van der Waals surface area (Å²) in [5.74, 6) is 0.947. The molecule has 2 rings (SSSR count). The summed E-state index contributed by atoms with van der Waals surface area (Å²) >= 11 is 0. The number of aliphatic hydroxyl groups is 1. The smallest absolute Gasteiger partial charge is 0.128 e. The van der Waals surface area contributed by atoms with Gasteiger partial charge in [0.15, 0.2) is 0 Å². The van der Waals surface area contributed by atoms with Crippen molar-refractivity contribution in [3.63, 3.8) is 0 Å². The maximum Gasteiger partial charge on any atom is 0.128 e. The summed E-state index contributed by atoms with van der Waals surface area (Å²) in [5, 5.41) is 10.3. The summed E-state index contributed by atoms with van der Waals surface area (Å²) in [7, 11) is 0. The SMILES string of the molecule is CCCCCCCCCC(O)c1cccc2c1OCC2. The predicted molar refractivity (Wildman–Crippen MR) is 83.2 cm³/mol. The minimum absolute atomic E-state index is 0.362. The van der Waals surface area contributed by atoms with E-state index in [0.29, 0.717) is 0 Å². The summed E-state index contributed by atoms with van der Waals surface area (Å²) in [6, 6.07) is 6.15. The highest BCUT2D eigenvalue weighted by molar-refractivity contribution is 5.45. The van der Waals surface area contributed by atoms with Crippen molar-refractivity contribution in [2.45, 2.75) is 70.8 Å². The van der Waals surface area contributed by atoms with Crippen LogP contribution in [0.25, 0.3) is 0 Å². The number of fused-ring (bicyclic) bond motifs is 1. The molecule has 1 aromatic carbocycles. The van der Waals surface area contributed by atoms with E-state index in [4.69, 9.17) is 4.74 Å². The topological polar surface area (TPSA) is 29.5 Å². The van der Waals surface area contributed by atoms with Gasteiger partial charge in [-0.15, -0.1) is 0 Å². The lowest BCUT2D eigenvalue weighted by Crippen LogP contribution is -2.00. The Labute approximate surface area is 123 Å². The molecule has 2 nitrogen and oxygen atoms in total. The fourth-order valence-corrected chi connectivity index (χ4v) is 2.95. The zero-order valence-corrected chi connectivity index (χ0v) is 12.7. The minimum Gasteiger partial charge on any atom is -0.493 e. The number of benzene rings is 1. The van der Waals surface area contributed by atoms with Gasteiger partial charge in [0.05, 0.1) is 12.7 Å². The average Bonchev–Trinajstić information content (AvgIpc) is 2.94. The molecule has 2 heteroatoms. The molecule has 1 heterocycles. The van der Waals surface area contributed by atoms with Gasteiger partial charge in [-0.25, -0.2) is 0 Å². The van der Waals surface area contributed by atoms with Crippen molar-refractivity contribution >= 4 is 0 Å². The Kier molecular flexibility index (Phi) is 6.38. The van der Waals surface area contributed by atoms with E-state index < -0.39 is 0 Å². The molecular formula is C18H28O2. The van der Waals surface area contributed by atoms with Crippen molar-refractivity contribution in [2.24, 2.45) is 0 Å². The van der Waals surface area contributed by atoms with Crippen LogP contribution in [0.5, 0.6) is 5.75 Å². The van der Waals surface area contributed by atoms with Crippen LogP contribution in [-0.4, -0.2) is 11.7 Å². The molecule has 1 unspecified atom stereocenters. The molecule has 0 saturated heterocycles. The van der Waals surface area contributed by atoms with Gasteiger partial charge >= 0.3 is 0 Å². The fraction of sp³-hybridized carbons (Fsp3) is 0.667. The normalized spacial score (nSPS) is 14.9. The third kappa shape index (κ3) is 4.24. The zero-order valence-electron chi connectivity index (χ0n) is 12.7. The minimum atomic E-state index is -0.362. The predicted octanol–water partition coefficient (Wildman–Crippen LogP) is 4.80. The van der Waals surface area contributed by atoms with E-state index in [1.165, 1.54) is 44.1 Å². The van der Waals surface area contributed by atoms with Gasteiger partial charge in [0.25, 0.3) is 0 Å². The molecule has 0 spiro atoms. The summed E-state index contributed by atoms with van der Waals surface area (Å²) in [6.07, 6.45) is 10.5. The average molecular weight is 276 g/mol. The van der Waals surface area contributed by atoms with Crippen LogP contribution in [0.15, 0.2) is 18.2 Å². The van der Waals surface area contributed by atoms with E-state index in [-0.39, 0.29) is 6.10 Å². The van der Waals surface area contributed by atoms with E-state index in [1.807, 2.05) is 12.1 Å². The van der Waals surface area contributed by atoms with E-state index in [0.717, 1.165) is 37.2 Å². The number of aliphatic hydroxyl groups excluding tert-OH is 1. The molecule has 0 aromatic heterocycles. The van der Waals surface area contributed by atoms with E-state index in [2.05, 4.69) is 13.0 Å². The van der Waals surface area contributed by atoms with Crippen LogP contribution < -0.4 is 4.74 Å². The first-order valence-electron chi connectivity index (χ1n) is 8.25. The van der Waals surface area contributed by atoms with Gasteiger partial charge in [-0.3, -0.25) is 0 Å². The van der Waals surface area contributed by atoms with Gasteiger partial charge in [-0.05, 0) is 12.0 Å². The Morgan fingerprint density at radius 3 is 2.65 bits per heavy atom. The number of rotatable bonds is 9. The van der Waals surface area contributed by atoms with Crippen molar-refractivity contribution < 1.29 is 9.84 Å². The second kappa shape index (κ2) is 8.31. The van der Waals surface area contributed by atoms with Gasteiger partial charge in [0.1, 0.15) is 5.75 Å². The molecule has 1 aromatic rings. The number of ether oxygens (including phenoxy) is 1. The summed E-state index contributed by atoms with van der Waals surface area (Å²) in [5.41, 5.74) is 2.24. The van der Waals surface area contributed by atoms with Crippen LogP contribution in [0.1, 0.15) is 75.5 Å². The Morgan fingerprint density at radius 2 is 1.85 bits per heavy atom. The van der Waals surface area contributed by atoms with E-state index in [9.17, 15) is 5.11 Å². The molecule has 1 aliphatic heterocycles. The largest absolute Gasteiger partial charge is 0.493 e. The third-order valence-electron chi connectivity index (χ3n) is 4.18. The maximum absolute atomic E-state index is 10.3. The first-order valence-corrected chi connectivity index (χ1v) is 8.25. The van der Waals surface area contributed by atoms with Crippen molar-refractivity contribution in [3.8, 4) is 5.75 Å². The molecule has 20 heavy (non-hydrogen) atoms. The van der Waals surface area contributed by atoms with Crippen LogP contribution in [-0.2, 0) is 6.42 Å². The van der Waals surface area contributed by atoms with Gasteiger partial charge in [0, 0.05) is 12.0 Å². The Hall–Kier alpha value is -1.02. The Bertz CT molecular complexity index is 400. The lowest BCUT2D eigenvalue weighted by Gasteiger charge is -2.14. The number of unbranched alkanes of at least 4 members (excludes halogenated alkanes) is 6. The van der Waals surface area contributed by atoms with Crippen molar-refractivity contribution in [2.75, 3.05) is 6.61 Å². The monoisotopic (exact) mass is 276 g/mol. The third-order valence-corrected chi connectivity index (χ3v) is 4.18. The summed E-state index contributed by atoms with van der Waals surface area (Å²) in [4.78, 5) is 0. The summed E-state index contributed by atoms with van der Waals surface area (Å²) < 4.78 is 5.66. The highest BCUT2D eigenvalue weighted by Gasteiger charge is 2.20. The van der Waals surface area contributed by atoms with Gasteiger partial charge < -0.3 is 9.84 Å².